The molecule has 0 aliphatic carbocycles. The molecule has 2 N–H and O–H groups in total. The largest absolute Gasteiger partial charge is 0.493 e. The topological polar surface area (TPSA) is 103 Å². The molecule has 126 valence electrons. The van der Waals surface area contributed by atoms with Gasteiger partial charge >= 0.3 is 12.0 Å². The number of esters is 1. The summed E-state index contributed by atoms with van der Waals surface area (Å²) in [7, 11) is 2.92. The lowest BCUT2D eigenvalue weighted by Gasteiger charge is -2.09. The summed E-state index contributed by atoms with van der Waals surface area (Å²) >= 11 is 0. The summed E-state index contributed by atoms with van der Waals surface area (Å²) in [6.07, 6.45) is 0.746. The van der Waals surface area contributed by atoms with Gasteiger partial charge in [0.1, 0.15) is 0 Å². The van der Waals surface area contributed by atoms with Crippen LogP contribution < -0.4 is 20.1 Å². The van der Waals surface area contributed by atoms with Crippen LogP contribution in [-0.4, -0.2) is 45.3 Å². The molecule has 8 heteroatoms. The van der Waals surface area contributed by atoms with Crippen LogP contribution in [0.4, 0.5) is 4.79 Å². The first-order valence-corrected chi connectivity index (χ1v) is 6.98. The summed E-state index contributed by atoms with van der Waals surface area (Å²) in [6.45, 7) is 1.77. The normalized spacial score (nSPS) is 9.70. The van der Waals surface area contributed by atoms with E-state index in [0.29, 0.717) is 18.0 Å². The lowest BCUT2D eigenvalue weighted by molar-refractivity contribution is -0.123. The van der Waals surface area contributed by atoms with E-state index in [2.05, 4.69) is 10.6 Å². The molecule has 0 unspecified atom stereocenters. The Hall–Kier alpha value is -2.77. The van der Waals surface area contributed by atoms with Gasteiger partial charge < -0.3 is 19.5 Å². The summed E-state index contributed by atoms with van der Waals surface area (Å²) in [5.41, 5.74) is 0.200. The van der Waals surface area contributed by atoms with Crippen molar-refractivity contribution >= 4 is 17.9 Å². The van der Waals surface area contributed by atoms with Crippen LogP contribution >= 0.6 is 0 Å². The molecule has 0 bridgehead atoms. The van der Waals surface area contributed by atoms with E-state index in [-0.39, 0.29) is 5.56 Å². The van der Waals surface area contributed by atoms with Gasteiger partial charge in [0.05, 0.1) is 19.8 Å². The molecule has 0 aliphatic heterocycles. The Balaban J connectivity index is 2.53. The van der Waals surface area contributed by atoms with Crippen LogP contribution in [0.15, 0.2) is 18.2 Å². The number of methoxy groups -OCH3 is 2. The zero-order chi connectivity index (χ0) is 17.2. The third kappa shape index (κ3) is 5.85. The van der Waals surface area contributed by atoms with E-state index in [0.717, 1.165) is 6.42 Å². The lowest BCUT2D eigenvalue weighted by Crippen LogP contribution is -2.41. The van der Waals surface area contributed by atoms with Gasteiger partial charge in [0.2, 0.25) is 0 Å². The minimum atomic E-state index is -0.715. The first kappa shape index (κ1) is 18.3. The first-order valence-electron chi connectivity index (χ1n) is 6.98. The molecule has 1 rings (SSSR count). The number of hydrogen-bond acceptors (Lipinski definition) is 6. The van der Waals surface area contributed by atoms with Crippen LogP contribution in [0, 0.1) is 0 Å². The molecular formula is C15H20N2O6. The molecular weight excluding hydrogens is 304 g/mol. The van der Waals surface area contributed by atoms with Crippen molar-refractivity contribution in [3.63, 3.8) is 0 Å². The van der Waals surface area contributed by atoms with Crippen molar-refractivity contribution in [1.82, 2.24) is 10.6 Å². The molecule has 0 aliphatic rings. The van der Waals surface area contributed by atoms with E-state index in [4.69, 9.17) is 14.2 Å². The molecule has 23 heavy (non-hydrogen) atoms. The number of rotatable bonds is 7. The molecule has 0 radical (unpaired) electrons. The van der Waals surface area contributed by atoms with Crippen molar-refractivity contribution in [1.29, 1.82) is 0 Å². The van der Waals surface area contributed by atoms with Crippen LogP contribution in [0.2, 0.25) is 0 Å². The standard InChI is InChI=1S/C15H20N2O6/c1-4-7-16-15(20)17-13(18)9-23-14(19)10-5-6-11(21-2)12(8-10)22-3/h5-6,8H,4,7,9H2,1-3H3,(H2,16,17,18,20). The number of urea groups is 1. The van der Waals surface area contributed by atoms with Crippen molar-refractivity contribution in [3.05, 3.63) is 23.8 Å². The third-order valence-electron chi connectivity index (χ3n) is 2.74. The summed E-state index contributed by atoms with van der Waals surface area (Å²) in [5.74, 6) is -0.595. The number of imide groups is 1. The van der Waals surface area contributed by atoms with Gasteiger partial charge in [0.25, 0.3) is 5.91 Å². The van der Waals surface area contributed by atoms with Crippen molar-refractivity contribution in [2.45, 2.75) is 13.3 Å². The summed E-state index contributed by atoms with van der Waals surface area (Å²) in [4.78, 5) is 34.6. The minimum absolute atomic E-state index is 0.200. The molecule has 0 aromatic heterocycles. The molecule has 0 fully saturated rings. The maximum absolute atomic E-state index is 11.9. The molecule has 0 spiro atoms. The lowest BCUT2D eigenvalue weighted by atomic mass is 10.2. The van der Waals surface area contributed by atoms with E-state index >= 15 is 0 Å². The maximum atomic E-state index is 11.9. The zero-order valence-corrected chi connectivity index (χ0v) is 13.3. The fourth-order valence-electron chi connectivity index (χ4n) is 1.62. The second kappa shape index (κ2) is 9.29. The Morgan fingerprint density at radius 3 is 2.39 bits per heavy atom. The molecule has 8 nitrogen and oxygen atoms in total. The fourth-order valence-corrected chi connectivity index (χ4v) is 1.62. The van der Waals surface area contributed by atoms with Crippen molar-refractivity contribution in [3.8, 4) is 11.5 Å². The zero-order valence-electron chi connectivity index (χ0n) is 13.3. The predicted octanol–water partition coefficient (Wildman–Crippen LogP) is 1.10. The van der Waals surface area contributed by atoms with Crippen molar-refractivity contribution in [2.24, 2.45) is 0 Å². The molecule has 0 saturated heterocycles. The molecule has 0 saturated carbocycles. The van der Waals surface area contributed by atoms with Gasteiger partial charge in [-0.2, -0.15) is 0 Å². The predicted molar refractivity (Wildman–Crippen MR) is 81.7 cm³/mol. The van der Waals surface area contributed by atoms with Gasteiger partial charge in [-0.3, -0.25) is 10.1 Å². The van der Waals surface area contributed by atoms with Gasteiger partial charge in [0, 0.05) is 6.54 Å². The highest BCUT2D eigenvalue weighted by Gasteiger charge is 2.14. The number of carbonyl (C=O) groups excluding carboxylic acids is 3. The van der Waals surface area contributed by atoms with Gasteiger partial charge in [-0.15, -0.1) is 0 Å². The molecule has 1 aromatic carbocycles. The molecule has 1 aromatic rings. The van der Waals surface area contributed by atoms with Gasteiger partial charge in [-0.25, -0.2) is 9.59 Å². The maximum Gasteiger partial charge on any atom is 0.338 e. The molecule has 0 heterocycles. The van der Waals surface area contributed by atoms with Gasteiger partial charge in [-0.05, 0) is 24.6 Å². The highest BCUT2D eigenvalue weighted by molar-refractivity contribution is 5.97. The first-order chi connectivity index (χ1) is 11.0. The Bertz CT molecular complexity index is 573. The summed E-state index contributed by atoms with van der Waals surface area (Å²) in [5, 5.41) is 4.52. The average Bonchev–Trinajstić information content (AvgIpc) is 2.57. The van der Waals surface area contributed by atoms with Crippen LogP contribution in [0.1, 0.15) is 23.7 Å². The Labute approximate surface area is 134 Å². The quantitative estimate of drug-likeness (QED) is 0.728. The van der Waals surface area contributed by atoms with Crippen LogP contribution in [0.5, 0.6) is 11.5 Å². The van der Waals surface area contributed by atoms with Crippen LogP contribution in [0.3, 0.4) is 0 Å². The Morgan fingerprint density at radius 2 is 1.78 bits per heavy atom. The minimum Gasteiger partial charge on any atom is -0.493 e. The Morgan fingerprint density at radius 1 is 1.09 bits per heavy atom. The Kier molecular flexibility index (Phi) is 7.38. The average molecular weight is 324 g/mol. The summed E-state index contributed by atoms with van der Waals surface area (Å²) in [6, 6.07) is 3.84. The number of ether oxygens (including phenoxy) is 3. The highest BCUT2D eigenvalue weighted by atomic mass is 16.5. The number of carbonyl (C=O) groups is 3. The van der Waals surface area contributed by atoms with Gasteiger partial charge in [-0.1, -0.05) is 6.92 Å². The van der Waals surface area contributed by atoms with Gasteiger partial charge in [0.15, 0.2) is 18.1 Å². The van der Waals surface area contributed by atoms with E-state index in [1.807, 2.05) is 6.92 Å². The second-order valence-electron chi connectivity index (χ2n) is 4.45. The van der Waals surface area contributed by atoms with Crippen molar-refractivity contribution < 1.29 is 28.6 Å². The molecule has 0 atom stereocenters. The van der Waals surface area contributed by atoms with Crippen molar-refractivity contribution in [2.75, 3.05) is 27.4 Å². The van der Waals surface area contributed by atoms with Crippen LogP contribution in [-0.2, 0) is 9.53 Å². The van der Waals surface area contributed by atoms with E-state index < -0.39 is 24.5 Å². The second-order valence-corrected chi connectivity index (χ2v) is 4.45. The number of nitrogens with one attached hydrogen (secondary N) is 2. The smallest absolute Gasteiger partial charge is 0.338 e. The SMILES string of the molecule is CCCNC(=O)NC(=O)COC(=O)c1ccc(OC)c(OC)c1. The fraction of sp³-hybridized carbons (Fsp3) is 0.400. The van der Waals surface area contributed by atoms with E-state index in [9.17, 15) is 14.4 Å². The van der Waals surface area contributed by atoms with Crippen LogP contribution in [0.25, 0.3) is 0 Å². The number of amides is 3. The third-order valence-corrected chi connectivity index (χ3v) is 2.74. The summed E-state index contributed by atoms with van der Waals surface area (Å²) < 4.78 is 15.0. The monoisotopic (exact) mass is 324 g/mol. The number of benzene rings is 1. The van der Waals surface area contributed by atoms with E-state index in [1.54, 1.807) is 6.07 Å². The van der Waals surface area contributed by atoms with E-state index in [1.165, 1.54) is 26.4 Å². The highest BCUT2D eigenvalue weighted by Crippen LogP contribution is 2.27. The molecule has 3 amide bonds. The number of hydrogen-bond donors (Lipinski definition) is 2.